The van der Waals surface area contributed by atoms with Crippen LogP contribution in [0.4, 0.5) is 0 Å². The lowest BCUT2D eigenvalue weighted by atomic mass is 10.2. The summed E-state index contributed by atoms with van der Waals surface area (Å²) in [6.45, 7) is 8.90. The van der Waals surface area contributed by atoms with Gasteiger partial charge in [-0.25, -0.2) is 4.98 Å². The highest BCUT2D eigenvalue weighted by atomic mass is 32.1. The maximum atomic E-state index is 4.64. The first kappa shape index (κ1) is 13.3. The molecule has 1 N–H and O–H groups in total. The van der Waals surface area contributed by atoms with Crippen LogP contribution < -0.4 is 5.32 Å². The summed E-state index contributed by atoms with van der Waals surface area (Å²) in [6.07, 6.45) is 4.11. The van der Waals surface area contributed by atoms with Gasteiger partial charge in [0.15, 0.2) is 4.96 Å². The number of rotatable bonds is 5. The summed E-state index contributed by atoms with van der Waals surface area (Å²) >= 11 is 1.65. The van der Waals surface area contributed by atoms with E-state index in [0.29, 0.717) is 0 Å². The third-order valence-electron chi connectivity index (χ3n) is 3.54. The first-order valence-corrected chi connectivity index (χ1v) is 7.71. The van der Waals surface area contributed by atoms with Gasteiger partial charge >= 0.3 is 0 Å². The summed E-state index contributed by atoms with van der Waals surface area (Å²) in [7, 11) is 0. The topological polar surface area (TPSA) is 47.2 Å². The maximum Gasteiger partial charge on any atom is 0.193 e. The summed E-state index contributed by atoms with van der Waals surface area (Å²) in [5.74, 6) is 0. The summed E-state index contributed by atoms with van der Waals surface area (Å²) in [5.41, 5.74) is 4.68. The number of nitrogens with one attached hydrogen (secondary N) is 1. The molecular formula is C14H19N5S. The minimum Gasteiger partial charge on any atom is -0.313 e. The van der Waals surface area contributed by atoms with Gasteiger partial charge in [0.25, 0.3) is 0 Å². The molecule has 0 amide bonds. The summed E-state index contributed by atoms with van der Waals surface area (Å²) < 4.78 is 4.11. The lowest BCUT2D eigenvalue weighted by Crippen LogP contribution is -2.13. The molecule has 3 heterocycles. The van der Waals surface area contributed by atoms with E-state index in [4.69, 9.17) is 0 Å². The van der Waals surface area contributed by atoms with Gasteiger partial charge < -0.3 is 5.32 Å². The molecule has 0 unspecified atom stereocenters. The Balaban J connectivity index is 1.85. The lowest BCUT2D eigenvalue weighted by molar-refractivity contribution is 0.646. The Hall–Kier alpha value is -1.66. The normalized spacial score (nSPS) is 11.6. The van der Waals surface area contributed by atoms with Crippen molar-refractivity contribution in [2.24, 2.45) is 0 Å². The fourth-order valence-corrected chi connectivity index (χ4v) is 3.12. The number of nitrogens with zero attached hydrogens (tertiary/aromatic N) is 4. The number of fused-ring (bicyclic) bond motifs is 1. The summed E-state index contributed by atoms with van der Waals surface area (Å²) in [4.78, 5) is 5.65. The molecule has 3 aromatic rings. The number of aryl methyl sites for hydroxylation is 1. The second-order valence-corrected chi connectivity index (χ2v) is 5.79. The van der Waals surface area contributed by atoms with E-state index in [2.05, 4.69) is 51.5 Å². The molecule has 6 heteroatoms. The molecule has 3 rings (SSSR count). The molecule has 0 aliphatic rings. The first-order chi connectivity index (χ1) is 9.69. The zero-order chi connectivity index (χ0) is 14.1. The monoisotopic (exact) mass is 289 g/mol. The van der Waals surface area contributed by atoms with Crippen molar-refractivity contribution in [2.45, 2.75) is 33.9 Å². The zero-order valence-electron chi connectivity index (χ0n) is 12.1. The first-order valence-electron chi connectivity index (χ1n) is 6.83. The van der Waals surface area contributed by atoms with Gasteiger partial charge in [0.1, 0.15) is 0 Å². The summed E-state index contributed by atoms with van der Waals surface area (Å²) in [5, 5.41) is 10.1. The lowest BCUT2D eigenvalue weighted by Gasteiger charge is -2.04. The van der Waals surface area contributed by atoms with Crippen molar-refractivity contribution < 1.29 is 0 Å². The van der Waals surface area contributed by atoms with E-state index in [1.54, 1.807) is 11.3 Å². The minimum atomic E-state index is 0.729. The average Bonchev–Trinajstić information content (AvgIpc) is 3.04. The molecule has 0 aliphatic carbocycles. The standard InChI is InChI=1S/C14H19N5S/c1-4-15-7-13-10(2)17-19(11(13)3)9-12-8-18-5-6-20-14(18)16-12/h5-6,8,15H,4,7,9H2,1-3H3. The van der Waals surface area contributed by atoms with Crippen molar-refractivity contribution >= 4 is 16.3 Å². The van der Waals surface area contributed by atoms with Crippen molar-refractivity contribution in [3.8, 4) is 0 Å². The van der Waals surface area contributed by atoms with Crippen LogP contribution in [0.25, 0.3) is 4.96 Å². The largest absolute Gasteiger partial charge is 0.313 e. The highest BCUT2D eigenvalue weighted by Crippen LogP contribution is 2.16. The van der Waals surface area contributed by atoms with Gasteiger partial charge in [-0.05, 0) is 20.4 Å². The number of hydrogen-bond donors (Lipinski definition) is 1. The molecule has 3 aromatic heterocycles. The molecule has 0 radical (unpaired) electrons. The van der Waals surface area contributed by atoms with E-state index in [1.165, 1.54) is 11.3 Å². The van der Waals surface area contributed by atoms with E-state index >= 15 is 0 Å². The third kappa shape index (κ3) is 2.36. The van der Waals surface area contributed by atoms with E-state index < -0.39 is 0 Å². The second kappa shape index (κ2) is 5.38. The van der Waals surface area contributed by atoms with Gasteiger partial charge in [0.2, 0.25) is 0 Å². The van der Waals surface area contributed by atoms with E-state index in [9.17, 15) is 0 Å². The van der Waals surface area contributed by atoms with Crippen molar-refractivity contribution in [3.05, 3.63) is 40.4 Å². The fraction of sp³-hybridized carbons (Fsp3) is 0.429. The molecule has 0 bridgehead atoms. The van der Waals surface area contributed by atoms with Crippen LogP contribution in [0.15, 0.2) is 17.8 Å². The Morgan fingerprint density at radius 1 is 1.35 bits per heavy atom. The SMILES string of the molecule is CCNCc1c(C)nn(Cc2cn3ccsc3n2)c1C. The Bertz CT molecular complexity index is 693. The number of hydrogen-bond acceptors (Lipinski definition) is 4. The Kier molecular flexibility index (Phi) is 3.58. The highest BCUT2D eigenvalue weighted by molar-refractivity contribution is 7.15. The molecule has 0 aromatic carbocycles. The Morgan fingerprint density at radius 2 is 2.20 bits per heavy atom. The zero-order valence-corrected chi connectivity index (χ0v) is 12.9. The molecule has 20 heavy (non-hydrogen) atoms. The Morgan fingerprint density at radius 3 is 2.95 bits per heavy atom. The fourth-order valence-electron chi connectivity index (χ4n) is 2.40. The van der Waals surface area contributed by atoms with E-state index in [1.807, 2.05) is 11.6 Å². The van der Waals surface area contributed by atoms with Crippen LogP contribution in [-0.2, 0) is 13.1 Å². The van der Waals surface area contributed by atoms with Crippen LogP contribution in [0.2, 0.25) is 0 Å². The van der Waals surface area contributed by atoms with Gasteiger partial charge in [-0.2, -0.15) is 5.10 Å². The molecule has 0 fully saturated rings. The number of thiazole rings is 1. The van der Waals surface area contributed by atoms with E-state index in [0.717, 1.165) is 36.0 Å². The predicted molar refractivity (Wildman–Crippen MR) is 81.3 cm³/mol. The number of imidazole rings is 1. The molecule has 106 valence electrons. The quantitative estimate of drug-likeness (QED) is 0.784. The molecule has 0 spiro atoms. The molecular weight excluding hydrogens is 270 g/mol. The second-order valence-electron chi connectivity index (χ2n) is 4.91. The van der Waals surface area contributed by atoms with Gasteiger partial charge in [-0.15, -0.1) is 11.3 Å². The van der Waals surface area contributed by atoms with Crippen molar-refractivity contribution in [2.75, 3.05) is 6.54 Å². The molecule has 5 nitrogen and oxygen atoms in total. The van der Waals surface area contributed by atoms with Crippen LogP contribution in [0, 0.1) is 13.8 Å². The van der Waals surface area contributed by atoms with Crippen molar-refractivity contribution in [1.29, 1.82) is 0 Å². The Labute approximate surface area is 122 Å². The highest BCUT2D eigenvalue weighted by Gasteiger charge is 2.12. The predicted octanol–water partition coefficient (Wildman–Crippen LogP) is 2.37. The van der Waals surface area contributed by atoms with Crippen LogP contribution in [0.5, 0.6) is 0 Å². The van der Waals surface area contributed by atoms with Crippen LogP contribution in [0.1, 0.15) is 29.6 Å². The molecule has 0 saturated heterocycles. The van der Waals surface area contributed by atoms with Crippen molar-refractivity contribution in [3.63, 3.8) is 0 Å². The van der Waals surface area contributed by atoms with E-state index in [-0.39, 0.29) is 0 Å². The van der Waals surface area contributed by atoms with Gasteiger partial charge in [-0.1, -0.05) is 6.92 Å². The van der Waals surface area contributed by atoms with Crippen LogP contribution >= 0.6 is 11.3 Å². The average molecular weight is 289 g/mol. The molecule has 0 saturated carbocycles. The smallest absolute Gasteiger partial charge is 0.193 e. The summed E-state index contributed by atoms with van der Waals surface area (Å²) in [6, 6.07) is 0. The van der Waals surface area contributed by atoms with Gasteiger partial charge in [0.05, 0.1) is 17.9 Å². The molecule has 0 aliphatic heterocycles. The van der Waals surface area contributed by atoms with Crippen molar-refractivity contribution in [1.82, 2.24) is 24.5 Å². The van der Waals surface area contributed by atoms with Crippen LogP contribution in [0.3, 0.4) is 0 Å². The van der Waals surface area contributed by atoms with Gasteiger partial charge in [-0.3, -0.25) is 9.08 Å². The third-order valence-corrected chi connectivity index (χ3v) is 4.31. The number of aromatic nitrogens is 4. The maximum absolute atomic E-state index is 4.64. The molecule has 0 atom stereocenters. The van der Waals surface area contributed by atoms with Gasteiger partial charge in [0, 0.05) is 35.6 Å². The van der Waals surface area contributed by atoms with Crippen LogP contribution in [-0.4, -0.2) is 25.7 Å². The minimum absolute atomic E-state index is 0.729.